The maximum Gasteiger partial charge on any atom is 0.335 e. The van der Waals surface area contributed by atoms with Crippen LogP contribution < -0.4 is 11.3 Å². The van der Waals surface area contributed by atoms with Crippen molar-refractivity contribution < 1.29 is 8.91 Å². The molecule has 7 heteroatoms. The molecule has 0 spiro atoms. The Balaban J connectivity index is 2.48. The summed E-state index contributed by atoms with van der Waals surface area (Å²) in [7, 11) is 0. The fraction of sp³-hybridized carbons (Fsp3) is 0. The van der Waals surface area contributed by atoms with Gasteiger partial charge in [-0.15, -0.1) is 0 Å². The largest absolute Gasteiger partial charge is 0.335 e. The van der Waals surface area contributed by atoms with Gasteiger partial charge in [-0.25, -0.2) is 10.2 Å². The smallest absolute Gasteiger partial charge is 0.314 e. The van der Waals surface area contributed by atoms with E-state index in [1.165, 1.54) is 12.1 Å². The van der Waals surface area contributed by atoms with Crippen molar-refractivity contribution in [3.63, 3.8) is 0 Å². The van der Waals surface area contributed by atoms with E-state index in [9.17, 15) is 4.39 Å². The summed E-state index contributed by atoms with van der Waals surface area (Å²) in [6, 6.07) is 4.27. The zero-order valence-electron chi connectivity index (χ0n) is 7.37. The van der Waals surface area contributed by atoms with E-state index in [1.54, 1.807) is 6.07 Å². The molecule has 0 atom stereocenters. The van der Waals surface area contributed by atoms with Crippen LogP contribution in [0.3, 0.4) is 0 Å². The quantitative estimate of drug-likeness (QED) is 0.645. The third kappa shape index (κ3) is 1.97. The first kappa shape index (κ1) is 10.1. The van der Waals surface area contributed by atoms with Gasteiger partial charge in [-0.05, 0) is 18.2 Å². The molecule has 0 saturated carbocycles. The minimum atomic E-state index is -0.375. The highest BCUT2D eigenvalue weighted by Gasteiger charge is 2.11. The number of anilines is 1. The molecule has 5 nitrogen and oxygen atoms in total. The lowest BCUT2D eigenvalue weighted by Gasteiger charge is -1.97. The Morgan fingerprint density at radius 1 is 1.47 bits per heavy atom. The van der Waals surface area contributed by atoms with Crippen LogP contribution in [0, 0.1) is 5.82 Å². The number of nitrogens with one attached hydrogen (secondary N) is 1. The summed E-state index contributed by atoms with van der Waals surface area (Å²) in [6.45, 7) is 0. The van der Waals surface area contributed by atoms with Crippen molar-refractivity contribution >= 4 is 21.9 Å². The summed E-state index contributed by atoms with van der Waals surface area (Å²) >= 11 is 3.26. The van der Waals surface area contributed by atoms with Crippen LogP contribution in [-0.4, -0.2) is 10.1 Å². The molecule has 0 saturated heterocycles. The number of rotatable bonds is 2. The lowest BCUT2D eigenvalue weighted by atomic mass is 10.2. The van der Waals surface area contributed by atoms with Gasteiger partial charge in [-0.3, -0.25) is 5.43 Å². The predicted octanol–water partition coefficient (Wildman–Crippen LogP) is 1.92. The van der Waals surface area contributed by atoms with Crippen LogP contribution in [-0.2, 0) is 0 Å². The Labute approximate surface area is 92.6 Å². The van der Waals surface area contributed by atoms with Crippen LogP contribution >= 0.6 is 15.9 Å². The van der Waals surface area contributed by atoms with Gasteiger partial charge < -0.3 is 4.52 Å². The lowest BCUT2D eigenvalue weighted by Crippen LogP contribution is -2.06. The highest BCUT2D eigenvalue weighted by Crippen LogP contribution is 2.27. The summed E-state index contributed by atoms with van der Waals surface area (Å²) in [4.78, 5) is 3.89. The molecule has 3 N–H and O–H groups in total. The first-order chi connectivity index (χ1) is 7.20. The minimum Gasteiger partial charge on any atom is -0.314 e. The Morgan fingerprint density at radius 2 is 2.27 bits per heavy atom. The lowest BCUT2D eigenvalue weighted by molar-refractivity contribution is 0.432. The third-order valence-corrected chi connectivity index (χ3v) is 2.41. The summed E-state index contributed by atoms with van der Waals surface area (Å²) < 4.78 is 18.4. The van der Waals surface area contributed by atoms with Crippen molar-refractivity contribution in [3.05, 3.63) is 28.5 Å². The second-order valence-corrected chi connectivity index (χ2v) is 3.55. The number of benzene rings is 1. The number of nitrogen functional groups attached to an aromatic ring is 1. The first-order valence-corrected chi connectivity index (χ1v) is 4.76. The van der Waals surface area contributed by atoms with Gasteiger partial charge in [0.25, 0.3) is 0 Å². The Morgan fingerprint density at radius 3 is 2.93 bits per heavy atom. The highest BCUT2D eigenvalue weighted by atomic mass is 79.9. The molecular weight excluding hydrogens is 267 g/mol. The average Bonchev–Trinajstić information content (AvgIpc) is 2.70. The molecule has 78 valence electrons. The third-order valence-electron chi connectivity index (χ3n) is 1.72. The summed E-state index contributed by atoms with van der Waals surface area (Å²) in [5, 5.41) is 3.63. The van der Waals surface area contributed by atoms with Crippen LogP contribution in [0.2, 0.25) is 0 Å². The van der Waals surface area contributed by atoms with Crippen LogP contribution in [0.15, 0.2) is 27.2 Å². The molecule has 15 heavy (non-hydrogen) atoms. The van der Waals surface area contributed by atoms with Crippen LogP contribution in [0.1, 0.15) is 0 Å². The minimum absolute atomic E-state index is 0.0705. The van der Waals surface area contributed by atoms with Crippen molar-refractivity contribution in [3.8, 4) is 11.4 Å². The van der Waals surface area contributed by atoms with Crippen molar-refractivity contribution in [1.82, 2.24) is 10.1 Å². The van der Waals surface area contributed by atoms with Gasteiger partial charge in [-0.2, -0.15) is 4.98 Å². The van der Waals surface area contributed by atoms with Gasteiger partial charge in [-0.1, -0.05) is 21.1 Å². The van der Waals surface area contributed by atoms with Crippen LogP contribution in [0.4, 0.5) is 10.4 Å². The number of nitrogens with two attached hydrogens (primary N) is 1. The number of aromatic nitrogens is 2. The van der Waals surface area contributed by atoms with E-state index in [0.29, 0.717) is 10.0 Å². The van der Waals surface area contributed by atoms with Crippen molar-refractivity contribution in [2.75, 3.05) is 5.43 Å². The molecule has 0 fully saturated rings. The predicted molar refractivity (Wildman–Crippen MR) is 55.2 cm³/mol. The summed E-state index contributed by atoms with van der Waals surface area (Å²) in [6.07, 6.45) is 0. The second-order valence-electron chi connectivity index (χ2n) is 2.69. The van der Waals surface area contributed by atoms with Gasteiger partial charge in [0.1, 0.15) is 5.82 Å². The molecule has 2 aromatic rings. The van der Waals surface area contributed by atoms with E-state index in [1.807, 2.05) is 0 Å². The molecule has 0 amide bonds. The molecule has 0 aliphatic carbocycles. The Bertz CT molecular complexity index is 487. The molecular formula is C8H6BrFN4O. The monoisotopic (exact) mass is 272 g/mol. The van der Waals surface area contributed by atoms with Gasteiger partial charge >= 0.3 is 6.01 Å². The molecule has 2 rings (SSSR count). The number of hydrazine groups is 1. The van der Waals surface area contributed by atoms with Gasteiger partial charge in [0, 0.05) is 10.0 Å². The Kier molecular flexibility index (Phi) is 2.65. The maximum absolute atomic E-state index is 13.0. The van der Waals surface area contributed by atoms with Crippen molar-refractivity contribution in [2.24, 2.45) is 5.84 Å². The van der Waals surface area contributed by atoms with E-state index in [2.05, 4.69) is 31.5 Å². The van der Waals surface area contributed by atoms with E-state index in [-0.39, 0.29) is 17.7 Å². The number of nitrogens with zero attached hydrogens (tertiary/aromatic N) is 2. The molecule has 1 heterocycles. The fourth-order valence-electron chi connectivity index (χ4n) is 1.06. The zero-order valence-corrected chi connectivity index (χ0v) is 8.95. The summed E-state index contributed by atoms with van der Waals surface area (Å²) in [5.74, 6) is 4.96. The molecule has 0 aliphatic rings. The molecule has 0 bridgehead atoms. The molecule has 0 unspecified atom stereocenters. The maximum atomic E-state index is 13.0. The van der Waals surface area contributed by atoms with E-state index in [4.69, 9.17) is 10.4 Å². The van der Waals surface area contributed by atoms with Crippen LogP contribution in [0.5, 0.6) is 0 Å². The topological polar surface area (TPSA) is 77.0 Å². The average molecular weight is 273 g/mol. The van der Waals surface area contributed by atoms with Crippen LogP contribution in [0.25, 0.3) is 11.4 Å². The SMILES string of the molecule is NNc1nc(-c2cc(F)ccc2Br)no1. The standard InChI is InChI=1S/C8H6BrFN4O/c9-6-2-1-4(10)3-5(6)7-12-8(13-11)15-14-7/h1-3H,11H2,(H,12,13,14). The molecule has 0 aliphatic heterocycles. The summed E-state index contributed by atoms with van der Waals surface area (Å²) in [5.41, 5.74) is 2.70. The Hall–Kier alpha value is -1.47. The number of hydrogen-bond acceptors (Lipinski definition) is 5. The van der Waals surface area contributed by atoms with Crippen molar-refractivity contribution in [1.29, 1.82) is 0 Å². The highest BCUT2D eigenvalue weighted by molar-refractivity contribution is 9.10. The first-order valence-electron chi connectivity index (χ1n) is 3.96. The van der Waals surface area contributed by atoms with Gasteiger partial charge in [0.05, 0.1) is 0 Å². The number of hydrogen-bond donors (Lipinski definition) is 2. The zero-order chi connectivity index (χ0) is 10.8. The van der Waals surface area contributed by atoms with E-state index >= 15 is 0 Å². The fourth-order valence-corrected chi connectivity index (χ4v) is 1.48. The van der Waals surface area contributed by atoms with Gasteiger partial charge in [0.15, 0.2) is 0 Å². The van der Waals surface area contributed by atoms with Gasteiger partial charge in [0.2, 0.25) is 5.82 Å². The molecule has 0 radical (unpaired) electrons. The normalized spacial score (nSPS) is 10.3. The van der Waals surface area contributed by atoms with E-state index < -0.39 is 0 Å². The second kappa shape index (κ2) is 3.95. The van der Waals surface area contributed by atoms with E-state index in [0.717, 1.165) is 0 Å². The van der Waals surface area contributed by atoms with Crippen molar-refractivity contribution in [2.45, 2.75) is 0 Å². The molecule has 1 aromatic carbocycles. The number of halogens is 2. The molecule has 1 aromatic heterocycles.